The van der Waals surface area contributed by atoms with Crippen LogP contribution >= 0.6 is 0 Å². The molecule has 0 saturated carbocycles. The fraction of sp³-hybridized carbons (Fsp3) is 0.792. The number of carbonyl (C=O) groups excluding carboxylic acids is 3. The molecule has 0 aliphatic carbocycles. The molecule has 2 unspecified atom stereocenters. The van der Waals surface area contributed by atoms with Gasteiger partial charge in [-0.15, -0.1) is 0 Å². The lowest BCUT2D eigenvalue weighted by molar-refractivity contribution is -0.889. The lowest BCUT2D eigenvalue weighted by Gasteiger charge is -2.34. The normalized spacial score (nSPS) is 13.3. The highest BCUT2D eigenvalue weighted by Gasteiger charge is 2.25. The quantitative estimate of drug-likeness (QED) is 0.0260. The van der Waals surface area contributed by atoms with E-state index in [4.69, 9.17) is 14.2 Å². The molecule has 0 N–H and O–H groups in total. The fourth-order valence-electron chi connectivity index (χ4n) is 7.26. The number of aliphatic carboxylic acids is 1. The number of allylic oxidation sites excluding steroid dienone is 8. The average molecular weight is 858 g/mol. The van der Waals surface area contributed by atoms with Crippen LogP contribution in [0.4, 0.5) is 0 Å². The summed E-state index contributed by atoms with van der Waals surface area (Å²) in [6.45, 7) is 4.61. The predicted octanol–water partition coefficient (Wildman–Crippen LogP) is 13.0. The highest BCUT2D eigenvalue weighted by atomic mass is 16.6. The molecule has 0 aromatic carbocycles. The molecule has 354 valence electrons. The SMILES string of the molecule is CCCCCCCC/C=C/C/C=C/C/C=C/CCCC(=O)OC(COCCC(C(=O)[O-])[N+](C)(C)C)COC(=O)CCCCCCCCC/C=C/CCCCCCCCCCC. The molecule has 0 heterocycles. The van der Waals surface area contributed by atoms with Gasteiger partial charge < -0.3 is 28.6 Å². The molecule has 8 heteroatoms. The molecule has 0 spiro atoms. The van der Waals surface area contributed by atoms with E-state index >= 15 is 0 Å². The number of carbonyl (C=O) groups is 3. The van der Waals surface area contributed by atoms with E-state index in [0.717, 1.165) is 38.5 Å². The number of likely N-dealkylation sites (N-methyl/N-ethyl adjacent to an activating group) is 1. The number of esters is 2. The van der Waals surface area contributed by atoms with E-state index in [1.54, 1.807) is 21.1 Å². The van der Waals surface area contributed by atoms with Crippen molar-refractivity contribution in [3.8, 4) is 0 Å². The lowest BCUT2D eigenvalue weighted by Crippen LogP contribution is -2.55. The summed E-state index contributed by atoms with van der Waals surface area (Å²) in [7, 11) is 5.39. The molecule has 0 saturated heterocycles. The van der Waals surface area contributed by atoms with Gasteiger partial charge in [-0.2, -0.15) is 0 Å². The van der Waals surface area contributed by atoms with Gasteiger partial charge in [0.2, 0.25) is 0 Å². The molecule has 2 atom stereocenters. The second-order valence-corrected chi connectivity index (χ2v) is 18.0. The molecular formula is C53H95NO7. The maximum atomic E-state index is 12.7. The van der Waals surface area contributed by atoms with E-state index in [-0.39, 0.29) is 49.1 Å². The first-order chi connectivity index (χ1) is 29.6. The summed E-state index contributed by atoms with van der Waals surface area (Å²) in [6, 6.07) is -0.736. The molecule has 0 rings (SSSR count). The second kappa shape index (κ2) is 43.9. The fourth-order valence-corrected chi connectivity index (χ4v) is 7.26. The van der Waals surface area contributed by atoms with Crippen molar-refractivity contribution >= 4 is 17.9 Å². The Kier molecular flexibility index (Phi) is 42.0. The van der Waals surface area contributed by atoms with Crippen LogP contribution in [-0.4, -0.2) is 75.5 Å². The van der Waals surface area contributed by atoms with Crippen LogP contribution in [0.15, 0.2) is 48.6 Å². The number of carboxylic acids is 1. The van der Waals surface area contributed by atoms with Gasteiger partial charge in [-0.05, 0) is 70.6 Å². The summed E-state index contributed by atoms with van der Waals surface area (Å²) in [5.41, 5.74) is 0. The molecule has 0 amide bonds. The number of unbranched alkanes of at least 4 members (excludes halogenated alkanes) is 23. The summed E-state index contributed by atoms with van der Waals surface area (Å²) in [4.78, 5) is 37.0. The molecule has 0 aliphatic heterocycles. The van der Waals surface area contributed by atoms with Crippen molar-refractivity contribution in [2.75, 3.05) is 41.0 Å². The van der Waals surface area contributed by atoms with Crippen molar-refractivity contribution < 1.29 is 38.2 Å². The summed E-state index contributed by atoms with van der Waals surface area (Å²) in [5, 5.41) is 11.6. The van der Waals surface area contributed by atoms with Crippen LogP contribution in [0, 0.1) is 0 Å². The molecule has 0 aliphatic rings. The Balaban J connectivity index is 4.33. The van der Waals surface area contributed by atoms with Crippen molar-refractivity contribution in [1.29, 1.82) is 0 Å². The van der Waals surface area contributed by atoms with Crippen LogP contribution in [0.2, 0.25) is 0 Å². The first-order valence-electron chi connectivity index (χ1n) is 25.2. The van der Waals surface area contributed by atoms with Crippen molar-refractivity contribution in [1.82, 2.24) is 0 Å². The van der Waals surface area contributed by atoms with Gasteiger partial charge in [0.25, 0.3) is 0 Å². The Labute approximate surface area is 376 Å². The molecule has 0 aromatic heterocycles. The monoisotopic (exact) mass is 858 g/mol. The number of ether oxygens (including phenoxy) is 3. The minimum absolute atomic E-state index is 0.0193. The van der Waals surface area contributed by atoms with Gasteiger partial charge in [0.1, 0.15) is 12.6 Å². The van der Waals surface area contributed by atoms with Crippen molar-refractivity contribution in [2.24, 2.45) is 0 Å². The van der Waals surface area contributed by atoms with Gasteiger partial charge in [0.15, 0.2) is 6.10 Å². The Bertz CT molecular complexity index is 1140. The van der Waals surface area contributed by atoms with E-state index in [9.17, 15) is 19.5 Å². The largest absolute Gasteiger partial charge is 0.544 e. The van der Waals surface area contributed by atoms with E-state index in [2.05, 4.69) is 62.5 Å². The second-order valence-electron chi connectivity index (χ2n) is 18.0. The number of hydrogen-bond donors (Lipinski definition) is 0. The Hall–Kier alpha value is -2.71. The van der Waals surface area contributed by atoms with E-state index in [0.29, 0.717) is 12.8 Å². The van der Waals surface area contributed by atoms with Crippen LogP contribution in [0.3, 0.4) is 0 Å². The molecular weight excluding hydrogens is 763 g/mol. The third-order valence-corrected chi connectivity index (χ3v) is 11.2. The van der Waals surface area contributed by atoms with Crippen LogP contribution in [0.5, 0.6) is 0 Å². The zero-order valence-corrected chi connectivity index (χ0v) is 40.3. The minimum atomic E-state index is -1.13. The number of carboxylic acid groups (broad SMARTS) is 1. The van der Waals surface area contributed by atoms with Gasteiger partial charge in [0.05, 0.1) is 40.3 Å². The van der Waals surface area contributed by atoms with Crippen LogP contribution in [-0.2, 0) is 28.6 Å². The molecule has 8 nitrogen and oxygen atoms in total. The summed E-state index contributed by atoms with van der Waals surface area (Å²) < 4.78 is 17.2. The zero-order valence-electron chi connectivity index (χ0n) is 40.3. The predicted molar refractivity (Wildman–Crippen MR) is 254 cm³/mol. The summed E-state index contributed by atoms with van der Waals surface area (Å²) >= 11 is 0. The maximum absolute atomic E-state index is 12.7. The zero-order chi connectivity index (χ0) is 44.9. The highest BCUT2D eigenvalue weighted by molar-refractivity contribution is 5.70. The number of rotatable bonds is 45. The van der Waals surface area contributed by atoms with E-state index < -0.39 is 18.1 Å². The van der Waals surface area contributed by atoms with Crippen LogP contribution in [0.1, 0.15) is 219 Å². The Morgan fingerprint density at radius 1 is 0.492 bits per heavy atom. The summed E-state index contributed by atoms with van der Waals surface area (Å²) in [5.74, 6) is -1.80. The Morgan fingerprint density at radius 2 is 0.885 bits per heavy atom. The molecule has 0 radical (unpaired) electrons. The third-order valence-electron chi connectivity index (χ3n) is 11.2. The number of hydrogen-bond acceptors (Lipinski definition) is 7. The average Bonchev–Trinajstić information content (AvgIpc) is 3.22. The molecule has 61 heavy (non-hydrogen) atoms. The number of quaternary nitrogens is 1. The van der Waals surface area contributed by atoms with Gasteiger partial charge in [-0.3, -0.25) is 9.59 Å². The third kappa shape index (κ3) is 42.4. The van der Waals surface area contributed by atoms with E-state index in [1.165, 1.54) is 141 Å². The van der Waals surface area contributed by atoms with Crippen molar-refractivity contribution in [3.63, 3.8) is 0 Å². The smallest absolute Gasteiger partial charge is 0.306 e. The van der Waals surface area contributed by atoms with Crippen LogP contribution in [0.25, 0.3) is 0 Å². The van der Waals surface area contributed by atoms with Crippen molar-refractivity contribution in [3.05, 3.63) is 48.6 Å². The van der Waals surface area contributed by atoms with Gasteiger partial charge in [-0.1, -0.05) is 178 Å². The molecule has 0 aromatic rings. The Morgan fingerprint density at radius 3 is 1.34 bits per heavy atom. The first kappa shape index (κ1) is 58.3. The van der Waals surface area contributed by atoms with E-state index in [1.807, 2.05) is 0 Å². The molecule has 0 bridgehead atoms. The minimum Gasteiger partial charge on any atom is -0.544 e. The maximum Gasteiger partial charge on any atom is 0.306 e. The van der Waals surface area contributed by atoms with Gasteiger partial charge >= 0.3 is 11.9 Å². The van der Waals surface area contributed by atoms with Gasteiger partial charge in [-0.25, -0.2) is 0 Å². The summed E-state index contributed by atoms with van der Waals surface area (Å²) in [6.07, 6.45) is 52.9. The van der Waals surface area contributed by atoms with Gasteiger partial charge in [0, 0.05) is 19.3 Å². The molecule has 0 fully saturated rings. The topological polar surface area (TPSA) is 102 Å². The standard InChI is InChI=1S/C53H95NO7/c1-6-8-10-12-14-16-18-20-22-24-25-26-28-29-31-33-35-37-39-41-43-51(55)60-48-49(47-59-46-45-50(53(57)58)54(3,4)5)61-52(56)44-42-40-38-36-34-32-30-27-23-21-19-17-15-13-11-9-7-2/h21,23,25-26,30,32,36,38,49-50H,6-20,22,24,27-29,31,33-35,37,39-48H2,1-5H3/b23-21+,26-25+,32-30+,38-36+. The van der Waals surface area contributed by atoms with Crippen LogP contribution < -0.4 is 5.11 Å². The number of nitrogens with zero attached hydrogens (tertiary/aromatic N) is 1. The first-order valence-corrected chi connectivity index (χ1v) is 25.2. The lowest BCUT2D eigenvalue weighted by atomic mass is 10.1. The highest BCUT2D eigenvalue weighted by Crippen LogP contribution is 2.14. The van der Waals surface area contributed by atoms with Crippen molar-refractivity contribution in [2.45, 2.75) is 231 Å².